The van der Waals surface area contributed by atoms with Crippen molar-refractivity contribution in [3.8, 4) is 5.75 Å². The Morgan fingerprint density at radius 2 is 1.67 bits per heavy atom. The maximum Gasteiger partial charge on any atom is 0.387 e. The van der Waals surface area contributed by atoms with E-state index in [9.17, 15) is 8.78 Å². The second-order valence-corrected chi connectivity index (χ2v) is 3.30. The van der Waals surface area contributed by atoms with Crippen molar-refractivity contribution in [2.75, 3.05) is 0 Å². The third-order valence-electron chi connectivity index (χ3n) is 2.32. The fourth-order valence-corrected chi connectivity index (χ4v) is 1.64. The molecule has 0 aliphatic rings. The van der Waals surface area contributed by atoms with Gasteiger partial charge >= 0.3 is 6.61 Å². The van der Waals surface area contributed by atoms with E-state index in [-0.39, 0.29) is 5.75 Å². The quantitative estimate of drug-likeness (QED) is 0.730. The lowest BCUT2D eigenvalue weighted by atomic mass is 10.1. The number of rotatable bonds is 2. The van der Waals surface area contributed by atoms with Crippen molar-refractivity contribution in [2.24, 2.45) is 0 Å². The van der Waals surface area contributed by atoms with Gasteiger partial charge in [-0.25, -0.2) is 0 Å². The number of alkyl halides is 2. The van der Waals surface area contributed by atoms with Crippen LogP contribution in [0.2, 0.25) is 0 Å². The summed E-state index contributed by atoms with van der Waals surface area (Å²) in [4.78, 5) is 0. The van der Waals surface area contributed by atoms with Crippen molar-refractivity contribution in [3.63, 3.8) is 0 Å². The molecule has 0 amide bonds. The molecule has 0 aromatic heterocycles. The Bertz CT molecular complexity index is 480. The van der Waals surface area contributed by atoms with Crippen LogP contribution in [0.1, 0.15) is 5.56 Å². The normalized spacial score (nSPS) is 10.9. The highest BCUT2D eigenvalue weighted by Gasteiger charge is 2.08. The van der Waals surface area contributed by atoms with E-state index in [1.807, 2.05) is 25.1 Å². The first-order valence-corrected chi connectivity index (χ1v) is 4.61. The Hall–Kier alpha value is -1.64. The zero-order valence-electron chi connectivity index (χ0n) is 8.21. The van der Waals surface area contributed by atoms with Gasteiger partial charge in [0.05, 0.1) is 0 Å². The first kappa shape index (κ1) is 9.90. The largest absolute Gasteiger partial charge is 0.434 e. The van der Waals surface area contributed by atoms with Gasteiger partial charge in [0.2, 0.25) is 0 Å². The zero-order chi connectivity index (χ0) is 10.8. The molecule has 2 rings (SSSR count). The molecular formula is C12H10F2O. The summed E-state index contributed by atoms with van der Waals surface area (Å²) < 4.78 is 28.7. The van der Waals surface area contributed by atoms with Gasteiger partial charge in [-0.05, 0) is 23.9 Å². The Morgan fingerprint density at radius 3 is 2.40 bits per heavy atom. The number of hydrogen-bond acceptors (Lipinski definition) is 1. The first-order chi connectivity index (χ1) is 7.18. The summed E-state index contributed by atoms with van der Waals surface area (Å²) >= 11 is 0. The number of halogens is 2. The molecule has 0 spiro atoms. The topological polar surface area (TPSA) is 9.23 Å². The molecule has 0 heterocycles. The highest BCUT2D eigenvalue weighted by Crippen LogP contribution is 2.28. The van der Waals surface area contributed by atoms with Crippen LogP contribution < -0.4 is 4.74 Å². The third-order valence-corrected chi connectivity index (χ3v) is 2.32. The van der Waals surface area contributed by atoms with Crippen molar-refractivity contribution in [1.82, 2.24) is 0 Å². The Morgan fingerprint density at radius 1 is 1.00 bits per heavy atom. The Balaban J connectivity index is 2.61. The number of aryl methyl sites for hydroxylation is 1. The molecule has 0 unspecified atom stereocenters. The van der Waals surface area contributed by atoms with Gasteiger partial charge in [0.25, 0.3) is 0 Å². The van der Waals surface area contributed by atoms with Gasteiger partial charge in [0, 0.05) is 5.39 Å². The van der Waals surface area contributed by atoms with Crippen molar-refractivity contribution in [2.45, 2.75) is 13.5 Å². The van der Waals surface area contributed by atoms with Crippen LogP contribution in [0.25, 0.3) is 10.8 Å². The Kier molecular flexibility index (Phi) is 2.54. The minimum atomic E-state index is -2.78. The molecule has 1 nitrogen and oxygen atoms in total. The average Bonchev–Trinajstić information content (AvgIpc) is 2.19. The van der Waals surface area contributed by atoms with Gasteiger partial charge in [-0.15, -0.1) is 0 Å². The number of ether oxygens (including phenoxy) is 1. The summed E-state index contributed by atoms with van der Waals surface area (Å²) in [6, 6.07) is 10.7. The molecule has 0 aliphatic carbocycles. The van der Waals surface area contributed by atoms with E-state index in [2.05, 4.69) is 4.74 Å². The van der Waals surface area contributed by atoms with E-state index in [0.717, 1.165) is 16.3 Å². The highest BCUT2D eigenvalue weighted by molar-refractivity contribution is 5.90. The summed E-state index contributed by atoms with van der Waals surface area (Å²) in [7, 11) is 0. The minimum Gasteiger partial charge on any atom is -0.434 e. The second kappa shape index (κ2) is 3.85. The summed E-state index contributed by atoms with van der Waals surface area (Å²) in [6.07, 6.45) is 0. The van der Waals surface area contributed by atoms with Crippen LogP contribution in [-0.2, 0) is 0 Å². The number of fused-ring (bicyclic) bond motifs is 1. The highest BCUT2D eigenvalue weighted by atomic mass is 19.3. The molecule has 0 saturated heterocycles. The predicted molar refractivity (Wildman–Crippen MR) is 55.3 cm³/mol. The summed E-state index contributed by atoms with van der Waals surface area (Å²) in [6.45, 7) is -0.842. The lowest BCUT2D eigenvalue weighted by Gasteiger charge is -2.09. The van der Waals surface area contributed by atoms with Crippen LogP contribution in [-0.4, -0.2) is 6.61 Å². The predicted octanol–water partition coefficient (Wildman–Crippen LogP) is 3.75. The molecule has 0 atom stereocenters. The van der Waals surface area contributed by atoms with Crippen molar-refractivity contribution >= 4 is 10.8 Å². The molecule has 3 heteroatoms. The lowest BCUT2D eigenvalue weighted by Crippen LogP contribution is -2.02. The van der Waals surface area contributed by atoms with Crippen LogP contribution in [0.3, 0.4) is 0 Å². The average molecular weight is 208 g/mol. The first-order valence-electron chi connectivity index (χ1n) is 4.61. The van der Waals surface area contributed by atoms with E-state index in [4.69, 9.17) is 0 Å². The maximum atomic E-state index is 12.1. The van der Waals surface area contributed by atoms with Gasteiger partial charge in [-0.1, -0.05) is 30.3 Å². The van der Waals surface area contributed by atoms with Gasteiger partial charge < -0.3 is 4.74 Å². The molecule has 0 fully saturated rings. The summed E-state index contributed by atoms with van der Waals surface area (Å²) in [5, 5.41) is 1.66. The van der Waals surface area contributed by atoms with Gasteiger partial charge in [0.15, 0.2) is 0 Å². The van der Waals surface area contributed by atoms with Crippen LogP contribution in [0.4, 0.5) is 8.78 Å². The maximum absolute atomic E-state index is 12.1. The van der Waals surface area contributed by atoms with Gasteiger partial charge in [-0.3, -0.25) is 0 Å². The van der Waals surface area contributed by atoms with Crippen LogP contribution in [0, 0.1) is 6.92 Å². The third kappa shape index (κ3) is 1.91. The molecule has 2 aromatic rings. The molecule has 78 valence electrons. The van der Waals surface area contributed by atoms with E-state index in [1.54, 1.807) is 18.2 Å². The van der Waals surface area contributed by atoms with Crippen LogP contribution in [0.5, 0.6) is 5.75 Å². The molecule has 15 heavy (non-hydrogen) atoms. The summed E-state index contributed by atoms with van der Waals surface area (Å²) in [5.74, 6) is 0.228. The molecule has 2 aromatic carbocycles. The fraction of sp³-hybridized carbons (Fsp3) is 0.167. The number of benzene rings is 2. The summed E-state index contributed by atoms with van der Waals surface area (Å²) in [5.41, 5.74) is 1.05. The molecule has 0 N–H and O–H groups in total. The zero-order valence-corrected chi connectivity index (χ0v) is 8.21. The van der Waals surface area contributed by atoms with Crippen LogP contribution >= 0.6 is 0 Å². The lowest BCUT2D eigenvalue weighted by molar-refractivity contribution is -0.0487. The van der Waals surface area contributed by atoms with Gasteiger partial charge in [0.1, 0.15) is 5.75 Å². The van der Waals surface area contributed by atoms with E-state index in [0.29, 0.717) is 0 Å². The molecule has 0 saturated carbocycles. The van der Waals surface area contributed by atoms with E-state index in [1.165, 1.54) is 0 Å². The molecule has 0 radical (unpaired) electrons. The SMILES string of the molecule is Cc1cccc2c(OC(F)F)cccc12. The van der Waals surface area contributed by atoms with Gasteiger partial charge in [-0.2, -0.15) is 8.78 Å². The number of hydrogen-bond donors (Lipinski definition) is 0. The monoisotopic (exact) mass is 208 g/mol. The van der Waals surface area contributed by atoms with Crippen LogP contribution in [0.15, 0.2) is 36.4 Å². The molecule has 0 aliphatic heterocycles. The second-order valence-electron chi connectivity index (χ2n) is 3.30. The van der Waals surface area contributed by atoms with E-state index < -0.39 is 6.61 Å². The smallest absolute Gasteiger partial charge is 0.387 e. The van der Waals surface area contributed by atoms with E-state index >= 15 is 0 Å². The Labute approximate surface area is 86.3 Å². The van der Waals surface area contributed by atoms with Crippen molar-refractivity contribution in [1.29, 1.82) is 0 Å². The molecule has 0 bridgehead atoms. The fourth-order valence-electron chi connectivity index (χ4n) is 1.64. The minimum absolute atomic E-state index is 0.228. The standard InChI is InChI=1S/C12H10F2O/c1-8-4-2-6-10-9(8)5-3-7-11(10)15-12(13)14/h2-7,12H,1H3. The van der Waals surface area contributed by atoms with Crippen molar-refractivity contribution in [3.05, 3.63) is 42.0 Å². The van der Waals surface area contributed by atoms with Crippen molar-refractivity contribution < 1.29 is 13.5 Å². The molecular weight excluding hydrogens is 198 g/mol.